The second kappa shape index (κ2) is 12.7. The number of nitrogens with zero attached hydrogens (tertiary/aromatic N) is 5. The molecule has 0 spiro atoms. The summed E-state index contributed by atoms with van der Waals surface area (Å²) in [6.45, 7) is 4.90. The fraction of sp³-hybridized carbons (Fsp3) is 0.500. The van der Waals surface area contributed by atoms with Gasteiger partial charge in [-0.1, -0.05) is 30.3 Å². The first-order chi connectivity index (χ1) is 20.3. The normalized spacial score (nSPS) is 22.2. The van der Waals surface area contributed by atoms with Gasteiger partial charge < -0.3 is 14.7 Å². The van der Waals surface area contributed by atoms with E-state index in [1.165, 1.54) is 18.7 Å². The zero-order valence-corrected chi connectivity index (χ0v) is 25.1. The lowest BCUT2D eigenvalue weighted by molar-refractivity contribution is 0.183. The molecule has 0 radical (unpaired) electrons. The van der Waals surface area contributed by atoms with E-state index >= 15 is 0 Å². The molecule has 2 fully saturated rings. The standard InChI is InChI=1S/C32H41FN6O2S/c1-42(40,41)36-27-10-7-24(8-11-27)13-16-37-17-14-28(15-18-37)38-19-20-39(31-22-34-23-35-32(31)38)30-12-9-26(33)21-29(30)25-5-3-2-4-6-25/h2-6,9,12,21-24,27-28,36H,7-8,10-11,13-20H2,1H3. The minimum absolute atomic E-state index is 0.104. The molecule has 8 nitrogen and oxygen atoms in total. The highest BCUT2D eigenvalue weighted by Gasteiger charge is 2.33. The number of hydrogen-bond donors (Lipinski definition) is 1. The third-order valence-electron chi connectivity index (χ3n) is 9.21. The number of hydrogen-bond acceptors (Lipinski definition) is 7. The van der Waals surface area contributed by atoms with Gasteiger partial charge in [0.25, 0.3) is 0 Å². The van der Waals surface area contributed by atoms with E-state index in [9.17, 15) is 12.8 Å². The second-order valence-electron chi connectivity index (χ2n) is 12.1. The van der Waals surface area contributed by atoms with Crippen LogP contribution in [0.5, 0.6) is 0 Å². The first-order valence-electron chi connectivity index (χ1n) is 15.2. The summed E-state index contributed by atoms with van der Waals surface area (Å²) in [4.78, 5) is 16.4. The lowest BCUT2D eigenvalue weighted by atomic mass is 9.84. The second-order valence-corrected chi connectivity index (χ2v) is 13.9. The predicted octanol–water partition coefficient (Wildman–Crippen LogP) is 5.20. The Morgan fingerprint density at radius 1 is 0.929 bits per heavy atom. The molecule has 3 aromatic rings. The molecular formula is C32H41FN6O2S. The average Bonchev–Trinajstić information content (AvgIpc) is 3.00. The molecule has 3 aliphatic rings. The third-order valence-corrected chi connectivity index (χ3v) is 9.97. The van der Waals surface area contributed by atoms with Gasteiger partial charge in [0.2, 0.25) is 10.0 Å². The van der Waals surface area contributed by atoms with E-state index in [-0.39, 0.29) is 11.9 Å². The number of aromatic nitrogens is 2. The molecule has 1 N–H and O–H groups in total. The highest BCUT2D eigenvalue weighted by Crippen LogP contribution is 2.42. The number of piperidine rings is 1. The molecule has 2 aliphatic heterocycles. The number of likely N-dealkylation sites (tertiary alicyclic amines) is 1. The molecule has 2 aromatic carbocycles. The van der Waals surface area contributed by atoms with Gasteiger partial charge in [0.1, 0.15) is 17.8 Å². The number of benzene rings is 2. The van der Waals surface area contributed by atoms with Gasteiger partial charge in [0.15, 0.2) is 5.82 Å². The fourth-order valence-corrected chi connectivity index (χ4v) is 7.89. The summed E-state index contributed by atoms with van der Waals surface area (Å²) in [6.07, 6.45) is 12.2. The van der Waals surface area contributed by atoms with Crippen LogP contribution in [-0.4, -0.2) is 74.3 Å². The van der Waals surface area contributed by atoms with Crippen LogP contribution in [-0.2, 0) is 10.0 Å². The molecule has 3 heterocycles. The van der Waals surface area contributed by atoms with Crippen LogP contribution in [0, 0.1) is 11.7 Å². The Hall–Kier alpha value is -3.08. The van der Waals surface area contributed by atoms with E-state index in [2.05, 4.69) is 24.4 Å². The zero-order chi connectivity index (χ0) is 29.1. The van der Waals surface area contributed by atoms with Gasteiger partial charge in [0.05, 0.1) is 12.5 Å². The van der Waals surface area contributed by atoms with Gasteiger partial charge >= 0.3 is 0 Å². The van der Waals surface area contributed by atoms with Crippen molar-refractivity contribution < 1.29 is 12.8 Å². The lowest BCUT2D eigenvalue weighted by Crippen LogP contribution is -2.50. The number of rotatable bonds is 8. The third kappa shape index (κ3) is 6.76. The van der Waals surface area contributed by atoms with Crippen molar-refractivity contribution in [2.45, 2.75) is 57.0 Å². The Labute approximate surface area is 249 Å². The van der Waals surface area contributed by atoms with Crippen molar-refractivity contribution in [2.75, 3.05) is 48.8 Å². The molecule has 0 atom stereocenters. The molecule has 6 rings (SSSR count). The largest absolute Gasteiger partial charge is 0.350 e. The Balaban J connectivity index is 1.08. The van der Waals surface area contributed by atoms with Crippen molar-refractivity contribution >= 4 is 27.2 Å². The number of halogens is 1. The fourth-order valence-electron chi connectivity index (χ4n) is 7.05. The van der Waals surface area contributed by atoms with E-state index in [0.717, 1.165) is 99.6 Å². The van der Waals surface area contributed by atoms with Crippen molar-refractivity contribution in [3.05, 3.63) is 66.9 Å². The Morgan fingerprint density at radius 3 is 2.43 bits per heavy atom. The molecule has 0 bridgehead atoms. The van der Waals surface area contributed by atoms with Crippen molar-refractivity contribution in [2.24, 2.45) is 5.92 Å². The lowest BCUT2D eigenvalue weighted by Gasteiger charge is -2.44. The predicted molar refractivity (Wildman–Crippen MR) is 166 cm³/mol. The summed E-state index contributed by atoms with van der Waals surface area (Å²) in [5.74, 6) is 1.39. The van der Waals surface area contributed by atoms with E-state index < -0.39 is 10.0 Å². The van der Waals surface area contributed by atoms with E-state index in [0.29, 0.717) is 12.0 Å². The first-order valence-corrected chi connectivity index (χ1v) is 17.1. The first kappa shape index (κ1) is 29.0. The quantitative estimate of drug-likeness (QED) is 0.385. The summed E-state index contributed by atoms with van der Waals surface area (Å²) in [6, 6.07) is 15.5. The highest BCUT2D eigenvalue weighted by atomic mass is 32.2. The minimum atomic E-state index is -3.12. The maximum Gasteiger partial charge on any atom is 0.208 e. The number of nitrogens with one attached hydrogen (secondary N) is 1. The van der Waals surface area contributed by atoms with Crippen molar-refractivity contribution in [3.8, 4) is 11.1 Å². The van der Waals surface area contributed by atoms with E-state index in [1.54, 1.807) is 12.4 Å². The maximum absolute atomic E-state index is 14.4. The number of sulfonamides is 1. The smallest absolute Gasteiger partial charge is 0.208 e. The summed E-state index contributed by atoms with van der Waals surface area (Å²) in [7, 11) is -3.12. The van der Waals surface area contributed by atoms with Crippen LogP contribution >= 0.6 is 0 Å². The van der Waals surface area contributed by atoms with Gasteiger partial charge in [-0.25, -0.2) is 27.5 Å². The summed E-state index contributed by atoms with van der Waals surface area (Å²) < 4.78 is 40.2. The van der Waals surface area contributed by atoms with Gasteiger partial charge in [-0.2, -0.15) is 0 Å². The summed E-state index contributed by atoms with van der Waals surface area (Å²) >= 11 is 0. The number of anilines is 3. The number of fused-ring (bicyclic) bond motifs is 1. The van der Waals surface area contributed by atoms with E-state index in [1.807, 2.05) is 42.6 Å². The monoisotopic (exact) mass is 592 g/mol. The Morgan fingerprint density at radius 2 is 1.69 bits per heavy atom. The SMILES string of the molecule is CS(=O)(=O)NC1CCC(CCN2CCC(N3CCN(c4ccc(F)cc4-c4ccccc4)c4cncnc43)CC2)CC1. The summed E-state index contributed by atoms with van der Waals surface area (Å²) in [5, 5.41) is 0. The molecule has 1 aromatic heterocycles. The van der Waals surface area contributed by atoms with Crippen LogP contribution in [0.1, 0.15) is 44.9 Å². The van der Waals surface area contributed by atoms with Crippen LogP contribution in [0.3, 0.4) is 0 Å². The van der Waals surface area contributed by atoms with Crippen LogP contribution < -0.4 is 14.5 Å². The van der Waals surface area contributed by atoms with Crippen molar-refractivity contribution in [1.29, 1.82) is 0 Å². The van der Waals surface area contributed by atoms with Crippen LogP contribution in [0.25, 0.3) is 11.1 Å². The molecule has 0 unspecified atom stereocenters. The molecular weight excluding hydrogens is 551 g/mol. The van der Waals surface area contributed by atoms with Gasteiger partial charge in [-0.15, -0.1) is 0 Å². The van der Waals surface area contributed by atoms with Crippen LogP contribution in [0.4, 0.5) is 21.6 Å². The average molecular weight is 593 g/mol. The molecule has 1 saturated heterocycles. The van der Waals surface area contributed by atoms with Gasteiger partial charge in [-0.3, -0.25) is 0 Å². The Kier molecular flexibility index (Phi) is 8.74. The van der Waals surface area contributed by atoms with Crippen molar-refractivity contribution in [3.63, 3.8) is 0 Å². The van der Waals surface area contributed by atoms with Crippen molar-refractivity contribution in [1.82, 2.24) is 19.6 Å². The van der Waals surface area contributed by atoms with Gasteiger partial charge in [0, 0.05) is 49.5 Å². The molecule has 224 valence electrons. The molecule has 0 amide bonds. The molecule has 1 aliphatic carbocycles. The van der Waals surface area contributed by atoms with Crippen LogP contribution in [0.2, 0.25) is 0 Å². The Bertz CT molecular complexity index is 1460. The van der Waals surface area contributed by atoms with Gasteiger partial charge in [-0.05, 0) is 81.2 Å². The van der Waals surface area contributed by atoms with Crippen LogP contribution in [0.15, 0.2) is 61.1 Å². The minimum Gasteiger partial charge on any atom is -0.350 e. The molecule has 1 saturated carbocycles. The summed E-state index contributed by atoms with van der Waals surface area (Å²) in [5.41, 5.74) is 3.79. The maximum atomic E-state index is 14.4. The highest BCUT2D eigenvalue weighted by molar-refractivity contribution is 7.88. The van der Waals surface area contributed by atoms with E-state index in [4.69, 9.17) is 4.98 Å². The topological polar surface area (TPSA) is 81.7 Å². The molecule has 10 heteroatoms. The molecule has 42 heavy (non-hydrogen) atoms. The zero-order valence-electron chi connectivity index (χ0n) is 24.3.